The van der Waals surface area contributed by atoms with Gasteiger partial charge in [-0.3, -0.25) is 14.9 Å². The van der Waals surface area contributed by atoms with Crippen molar-refractivity contribution in [1.82, 2.24) is 20.5 Å². The molecule has 3 rings (SSSR count). The van der Waals surface area contributed by atoms with Crippen molar-refractivity contribution in [2.24, 2.45) is 4.99 Å². The summed E-state index contributed by atoms with van der Waals surface area (Å²) in [6.07, 6.45) is 2.69. The van der Waals surface area contributed by atoms with Crippen molar-refractivity contribution in [3.63, 3.8) is 0 Å². The normalized spacial score (nSPS) is 15.5. The first kappa shape index (κ1) is 20.1. The number of piperazine rings is 1. The molecular formula is C21H29FN6. The Morgan fingerprint density at radius 1 is 1.04 bits per heavy atom. The quantitative estimate of drug-likeness (QED) is 0.563. The van der Waals surface area contributed by atoms with Crippen LogP contribution < -0.4 is 15.5 Å². The number of nitrogens with zero attached hydrogens (tertiary/aromatic N) is 4. The average molecular weight is 385 g/mol. The molecule has 1 aliphatic rings. The molecule has 28 heavy (non-hydrogen) atoms. The highest BCUT2D eigenvalue weighted by Crippen LogP contribution is 2.16. The number of pyridine rings is 1. The molecule has 150 valence electrons. The van der Waals surface area contributed by atoms with Crippen LogP contribution in [0.25, 0.3) is 0 Å². The zero-order valence-corrected chi connectivity index (χ0v) is 16.4. The number of hydrogen-bond acceptors (Lipinski definition) is 4. The molecule has 0 radical (unpaired) electrons. The molecule has 0 spiro atoms. The van der Waals surface area contributed by atoms with Crippen LogP contribution >= 0.6 is 0 Å². The second-order valence-electron chi connectivity index (χ2n) is 6.80. The molecule has 0 saturated carbocycles. The standard InChI is InChI=1S/C21H29FN6/c1-23-21(25-11-9-19-4-2-3-10-24-19)26-12-13-27-14-16-28(17-15-27)20-7-5-18(22)6-8-20/h2-8,10H,9,11-17H2,1H3,(H2,23,25,26). The van der Waals surface area contributed by atoms with Gasteiger partial charge in [-0.2, -0.15) is 0 Å². The predicted molar refractivity (Wildman–Crippen MR) is 112 cm³/mol. The van der Waals surface area contributed by atoms with Crippen molar-refractivity contribution in [3.8, 4) is 0 Å². The van der Waals surface area contributed by atoms with Crippen LogP contribution in [-0.4, -0.2) is 68.7 Å². The summed E-state index contributed by atoms with van der Waals surface area (Å²) in [6, 6.07) is 12.7. The van der Waals surface area contributed by atoms with Crippen LogP contribution in [0, 0.1) is 5.82 Å². The summed E-state index contributed by atoms with van der Waals surface area (Å²) in [5.74, 6) is 0.636. The van der Waals surface area contributed by atoms with E-state index in [1.165, 1.54) is 12.1 Å². The molecule has 7 heteroatoms. The highest BCUT2D eigenvalue weighted by Gasteiger charge is 2.16. The minimum absolute atomic E-state index is 0.185. The number of aliphatic imine (C=N–C) groups is 1. The molecule has 2 heterocycles. The Morgan fingerprint density at radius 3 is 2.46 bits per heavy atom. The largest absolute Gasteiger partial charge is 0.369 e. The molecule has 6 nitrogen and oxygen atoms in total. The lowest BCUT2D eigenvalue weighted by molar-refractivity contribution is 0.261. The Labute approximate surface area is 166 Å². The molecule has 1 saturated heterocycles. The maximum Gasteiger partial charge on any atom is 0.191 e. The lowest BCUT2D eigenvalue weighted by Crippen LogP contribution is -2.49. The van der Waals surface area contributed by atoms with Crippen molar-refractivity contribution in [2.75, 3.05) is 57.8 Å². The highest BCUT2D eigenvalue weighted by molar-refractivity contribution is 5.79. The van der Waals surface area contributed by atoms with Gasteiger partial charge in [0.1, 0.15) is 5.82 Å². The Morgan fingerprint density at radius 2 is 1.79 bits per heavy atom. The minimum Gasteiger partial charge on any atom is -0.369 e. The number of guanidine groups is 1. The van der Waals surface area contributed by atoms with E-state index in [9.17, 15) is 4.39 Å². The number of nitrogens with one attached hydrogen (secondary N) is 2. The SMILES string of the molecule is CN=C(NCCc1ccccn1)NCCN1CCN(c2ccc(F)cc2)CC1. The summed E-state index contributed by atoms with van der Waals surface area (Å²) in [5, 5.41) is 6.70. The number of rotatable bonds is 7. The fourth-order valence-corrected chi connectivity index (χ4v) is 3.29. The van der Waals surface area contributed by atoms with E-state index in [-0.39, 0.29) is 5.82 Å². The molecule has 0 amide bonds. The third-order valence-electron chi connectivity index (χ3n) is 4.91. The molecule has 0 bridgehead atoms. The van der Waals surface area contributed by atoms with E-state index in [1.807, 2.05) is 36.5 Å². The molecule has 1 aromatic heterocycles. The van der Waals surface area contributed by atoms with Gasteiger partial charge < -0.3 is 15.5 Å². The van der Waals surface area contributed by atoms with Gasteiger partial charge in [0.25, 0.3) is 0 Å². The van der Waals surface area contributed by atoms with Crippen LogP contribution in [0.2, 0.25) is 0 Å². The summed E-state index contributed by atoms with van der Waals surface area (Å²) in [6.45, 7) is 6.55. The zero-order chi connectivity index (χ0) is 19.6. The average Bonchev–Trinajstić information content (AvgIpc) is 2.74. The Hall–Kier alpha value is -2.67. The number of benzene rings is 1. The first-order valence-corrected chi connectivity index (χ1v) is 9.82. The van der Waals surface area contributed by atoms with Crippen LogP contribution in [-0.2, 0) is 6.42 Å². The zero-order valence-electron chi connectivity index (χ0n) is 16.4. The second-order valence-corrected chi connectivity index (χ2v) is 6.80. The second kappa shape index (κ2) is 10.6. The first-order chi connectivity index (χ1) is 13.7. The van der Waals surface area contributed by atoms with E-state index >= 15 is 0 Å². The third-order valence-corrected chi connectivity index (χ3v) is 4.91. The molecule has 0 atom stereocenters. The lowest BCUT2D eigenvalue weighted by Gasteiger charge is -2.36. The van der Waals surface area contributed by atoms with E-state index in [4.69, 9.17) is 0 Å². The van der Waals surface area contributed by atoms with Gasteiger partial charge in [0, 0.05) is 76.9 Å². The van der Waals surface area contributed by atoms with E-state index in [2.05, 4.69) is 30.4 Å². The molecule has 1 aromatic carbocycles. The van der Waals surface area contributed by atoms with Crippen molar-refractivity contribution < 1.29 is 4.39 Å². The molecule has 0 aliphatic carbocycles. The maximum atomic E-state index is 13.1. The van der Waals surface area contributed by atoms with Crippen molar-refractivity contribution in [1.29, 1.82) is 0 Å². The van der Waals surface area contributed by atoms with Crippen LogP contribution in [0.5, 0.6) is 0 Å². The van der Waals surface area contributed by atoms with Gasteiger partial charge in [-0.1, -0.05) is 6.07 Å². The van der Waals surface area contributed by atoms with Crippen LogP contribution in [0.1, 0.15) is 5.69 Å². The number of hydrogen-bond donors (Lipinski definition) is 2. The topological polar surface area (TPSA) is 55.8 Å². The monoisotopic (exact) mass is 384 g/mol. The summed E-state index contributed by atoms with van der Waals surface area (Å²) in [4.78, 5) is 13.4. The number of aromatic nitrogens is 1. The maximum absolute atomic E-state index is 13.1. The van der Waals surface area contributed by atoms with E-state index in [0.29, 0.717) is 0 Å². The summed E-state index contributed by atoms with van der Waals surface area (Å²) in [7, 11) is 1.79. The Kier molecular flexibility index (Phi) is 7.61. The molecule has 1 aliphatic heterocycles. The molecule has 2 aromatic rings. The van der Waals surface area contributed by atoms with Gasteiger partial charge in [0.05, 0.1) is 0 Å². The fourth-order valence-electron chi connectivity index (χ4n) is 3.29. The van der Waals surface area contributed by atoms with Crippen molar-refractivity contribution in [2.45, 2.75) is 6.42 Å². The van der Waals surface area contributed by atoms with Gasteiger partial charge in [0.15, 0.2) is 5.96 Å². The van der Waals surface area contributed by atoms with E-state index in [1.54, 1.807) is 7.05 Å². The van der Waals surface area contributed by atoms with E-state index < -0.39 is 0 Å². The molecule has 2 N–H and O–H groups in total. The predicted octanol–water partition coefficient (Wildman–Crippen LogP) is 1.75. The van der Waals surface area contributed by atoms with Gasteiger partial charge in [-0.25, -0.2) is 4.39 Å². The third kappa shape index (κ3) is 6.20. The number of anilines is 1. The van der Waals surface area contributed by atoms with Crippen molar-refractivity contribution >= 4 is 11.6 Å². The van der Waals surface area contributed by atoms with Crippen LogP contribution in [0.4, 0.5) is 10.1 Å². The Balaban J connectivity index is 1.31. The summed E-state index contributed by atoms with van der Waals surface area (Å²) in [5.41, 5.74) is 2.17. The highest BCUT2D eigenvalue weighted by atomic mass is 19.1. The lowest BCUT2D eigenvalue weighted by atomic mass is 10.2. The first-order valence-electron chi connectivity index (χ1n) is 9.82. The fraction of sp³-hybridized carbons (Fsp3) is 0.429. The van der Waals surface area contributed by atoms with Gasteiger partial charge >= 0.3 is 0 Å². The van der Waals surface area contributed by atoms with E-state index in [0.717, 1.165) is 69.6 Å². The molecule has 1 fully saturated rings. The van der Waals surface area contributed by atoms with Gasteiger partial charge in [0.2, 0.25) is 0 Å². The van der Waals surface area contributed by atoms with Crippen LogP contribution in [0.15, 0.2) is 53.7 Å². The summed E-state index contributed by atoms with van der Waals surface area (Å²) < 4.78 is 13.1. The van der Waals surface area contributed by atoms with Gasteiger partial charge in [-0.05, 0) is 36.4 Å². The smallest absolute Gasteiger partial charge is 0.191 e. The van der Waals surface area contributed by atoms with Gasteiger partial charge in [-0.15, -0.1) is 0 Å². The summed E-state index contributed by atoms with van der Waals surface area (Å²) >= 11 is 0. The van der Waals surface area contributed by atoms with Crippen LogP contribution in [0.3, 0.4) is 0 Å². The molecular weight excluding hydrogens is 355 g/mol. The minimum atomic E-state index is -0.185. The molecule has 0 unspecified atom stereocenters. The number of halogens is 1. The van der Waals surface area contributed by atoms with Crippen molar-refractivity contribution in [3.05, 3.63) is 60.2 Å². The Bertz CT molecular complexity index is 726.